The van der Waals surface area contributed by atoms with Crippen LogP contribution in [-0.2, 0) is 9.53 Å². The topological polar surface area (TPSA) is 88.4 Å². The smallest absolute Gasteiger partial charge is 0.338 e. The Morgan fingerprint density at radius 1 is 1.20 bits per heavy atom. The molecule has 25 heavy (non-hydrogen) atoms. The van der Waals surface area contributed by atoms with Gasteiger partial charge in [0.1, 0.15) is 5.75 Å². The van der Waals surface area contributed by atoms with Crippen LogP contribution in [0.4, 0.5) is 5.69 Å². The van der Waals surface area contributed by atoms with Gasteiger partial charge in [-0.2, -0.15) is 5.26 Å². The van der Waals surface area contributed by atoms with Crippen LogP contribution in [-0.4, -0.2) is 24.6 Å². The number of nitrogens with one attached hydrogen (secondary N) is 1. The van der Waals surface area contributed by atoms with Gasteiger partial charge in [0.15, 0.2) is 6.10 Å². The number of carbonyl (C=O) groups is 2. The van der Waals surface area contributed by atoms with E-state index in [0.717, 1.165) is 0 Å². The Morgan fingerprint density at radius 3 is 2.68 bits per heavy atom. The van der Waals surface area contributed by atoms with Crippen molar-refractivity contribution < 1.29 is 19.1 Å². The molecule has 1 atom stereocenters. The first kappa shape index (κ1) is 18.0. The van der Waals surface area contributed by atoms with Crippen molar-refractivity contribution in [3.8, 4) is 11.8 Å². The maximum Gasteiger partial charge on any atom is 0.338 e. The van der Waals surface area contributed by atoms with E-state index in [1.54, 1.807) is 56.3 Å². The summed E-state index contributed by atoms with van der Waals surface area (Å²) in [6.07, 6.45) is -0.789. The fourth-order valence-corrected chi connectivity index (χ4v) is 2.08. The third-order valence-electron chi connectivity index (χ3n) is 3.29. The Bertz CT molecular complexity index is 811. The van der Waals surface area contributed by atoms with Gasteiger partial charge in [0.05, 0.1) is 23.8 Å². The lowest BCUT2D eigenvalue weighted by molar-refractivity contribution is -0.122. The Labute approximate surface area is 146 Å². The van der Waals surface area contributed by atoms with Gasteiger partial charge in [0.2, 0.25) is 0 Å². The molecular formula is C19H18N2O4. The predicted octanol–water partition coefficient (Wildman–Crippen LogP) is 3.14. The van der Waals surface area contributed by atoms with E-state index in [1.165, 1.54) is 6.07 Å². The van der Waals surface area contributed by atoms with E-state index in [4.69, 9.17) is 14.7 Å². The average Bonchev–Trinajstić information content (AvgIpc) is 2.62. The summed E-state index contributed by atoms with van der Waals surface area (Å²) in [7, 11) is 0. The zero-order valence-corrected chi connectivity index (χ0v) is 14.0. The second-order valence-corrected chi connectivity index (χ2v) is 5.19. The minimum Gasteiger partial charge on any atom is -0.481 e. The third kappa shape index (κ3) is 5.08. The second kappa shape index (κ2) is 8.50. The highest BCUT2D eigenvalue weighted by atomic mass is 16.5. The van der Waals surface area contributed by atoms with Gasteiger partial charge in [0.25, 0.3) is 5.91 Å². The van der Waals surface area contributed by atoms with E-state index in [1.807, 2.05) is 6.07 Å². The summed E-state index contributed by atoms with van der Waals surface area (Å²) >= 11 is 0. The average molecular weight is 338 g/mol. The van der Waals surface area contributed by atoms with Gasteiger partial charge in [0, 0.05) is 5.69 Å². The minimum absolute atomic E-state index is 0.282. The molecule has 2 aromatic rings. The highest BCUT2D eigenvalue weighted by Gasteiger charge is 2.16. The van der Waals surface area contributed by atoms with E-state index in [-0.39, 0.29) is 12.5 Å². The summed E-state index contributed by atoms with van der Waals surface area (Å²) in [6, 6.07) is 15.1. The highest BCUT2D eigenvalue weighted by Crippen LogP contribution is 2.17. The van der Waals surface area contributed by atoms with E-state index < -0.39 is 12.1 Å². The van der Waals surface area contributed by atoms with Gasteiger partial charge in [-0.3, -0.25) is 4.79 Å². The molecule has 0 saturated heterocycles. The fraction of sp³-hybridized carbons (Fsp3) is 0.211. The molecule has 0 bridgehead atoms. The summed E-state index contributed by atoms with van der Waals surface area (Å²) in [5, 5.41) is 11.6. The summed E-state index contributed by atoms with van der Waals surface area (Å²) < 4.78 is 10.5. The monoisotopic (exact) mass is 338 g/mol. The quantitative estimate of drug-likeness (QED) is 0.818. The van der Waals surface area contributed by atoms with Gasteiger partial charge in [-0.25, -0.2) is 4.79 Å². The first-order valence-electron chi connectivity index (χ1n) is 7.78. The molecule has 2 aromatic carbocycles. The standard InChI is InChI=1S/C19H18N2O4/c1-3-24-19(23)15-7-5-9-17(11-15)25-13(2)18(22)21-16-8-4-6-14(10-16)12-20/h4-11,13H,3H2,1-2H3,(H,21,22)/t13-/m0/s1. The van der Waals surface area contributed by atoms with Crippen molar-refractivity contribution >= 4 is 17.6 Å². The zero-order chi connectivity index (χ0) is 18.2. The van der Waals surface area contributed by atoms with Crippen LogP contribution in [0.1, 0.15) is 29.8 Å². The number of carbonyl (C=O) groups excluding carboxylic acids is 2. The number of nitriles is 1. The van der Waals surface area contributed by atoms with Gasteiger partial charge in [-0.1, -0.05) is 12.1 Å². The van der Waals surface area contributed by atoms with Crippen LogP contribution in [0.15, 0.2) is 48.5 Å². The number of amides is 1. The largest absolute Gasteiger partial charge is 0.481 e. The van der Waals surface area contributed by atoms with Gasteiger partial charge < -0.3 is 14.8 Å². The Kier molecular flexibility index (Phi) is 6.13. The molecule has 0 aromatic heterocycles. The van der Waals surface area contributed by atoms with E-state index in [9.17, 15) is 9.59 Å². The first-order chi connectivity index (χ1) is 12.0. The Balaban J connectivity index is 2.02. The second-order valence-electron chi connectivity index (χ2n) is 5.19. The molecule has 0 aliphatic rings. The number of nitrogens with zero attached hydrogens (tertiary/aromatic N) is 1. The van der Waals surface area contributed by atoms with Gasteiger partial charge >= 0.3 is 5.97 Å². The number of benzene rings is 2. The lowest BCUT2D eigenvalue weighted by Crippen LogP contribution is -2.30. The summed E-state index contributed by atoms with van der Waals surface area (Å²) in [5.41, 5.74) is 1.32. The van der Waals surface area contributed by atoms with Crippen molar-refractivity contribution in [1.82, 2.24) is 0 Å². The molecule has 6 nitrogen and oxygen atoms in total. The van der Waals surface area contributed by atoms with E-state index in [2.05, 4.69) is 5.32 Å². The molecule has 128 valence electrons. The Morgan fingerprint density at radius 2 is 1.96 bits per heavy atom. The van der Waals surface area contributed by atoms with Gasteiger partial charge in [-0.15, -0.1) is 0 Å². The molecule has 0 saturated carbocycles. The van der Waals surface area contributed by atoms with Crippen molar-refractivity contribution in [2.24, 2.45) is 0 Å². The maximum absolute atomic E-state index is 12.2. The van der Waals surface area contributed by atoms with Crippen molar-refractivity contribution in [3.05, 3.63) is 59.7 Å². The van der Waals surface area contributed by atoms with Crippen LogP contribution in [0.5, 0.6) is 5.75 Å². The fourth-order valence-electron chi connectivity index (χ4n) is 2.08. The van der Waals surface area contributed by atoms with Crippen LogP contribution >= 0.6 is 0 Å². The van der Waals surface area contributed by atoms with E-state index in [0.29, 0.717) is 22.6 Å². The summed E-state index contributed by atoms with van der Waals surface area (Å²) in [4.78, 5) is 24.0. The molecule has 2 rings (SSSR count). The molecule has 0 radical (unpaired) electrons. The van der Waals surface area contributed by atoms with Crippen molar-refractivity contribution in [1.29, 1.82) is 5.26 Å². The number of rotatable bonds is 6. The molecule has 0 spiro atoms. The molecule has 0 unspecified atom stereocenters. The molecule has 0 heterocycles. The number of hydrogen-bond donors (Lipinski definition) is 1. The normalized spacial score (nSPS) is 11.1. The third-order valence-corrected chi connectivity index (χ3v) is 3.29. The lowest BCUT2D eigenvalue weighted by Gasteiger charge is -2.15. The summed E-state index contributed by atoms with van der Waals surface area (Å²) in [5.74, 6) is -0.422. The Hall–Kier alpha value is -3.33. The van der Waals surface area contributed by atoms with Gasteiger partial charge in [-0.05, 0) is 50.2 Å². The molecule has 1 N–H and O–H groups in total. The maximum atomic E-state index is 12.2. The highest BCUT2D eigenvalue weighted by molar-refractivity contribution is 5.94. The molecule has 0 aliphatic heterocycles. The molecule has 0 aliphatic carbocycles. The first-order valence-corrected chi connectivity index (χ1v) is 7.78. The SMILES string of the molecule is CCOC(=O)c1cccc(O[C@@H](C)C(=O)Nc2cccc(C#N)c2)c1. The number of hydrogen-bond acceptors (Lipinski definition) is 5. The number of ether oxygens (including phenoxy) is 2. The van der Waals surface area contributed by atoms with Crippen LogP contribution in [0.25, 0.3) is 0 Å². The zero-order valence-electron chi connectivity index (χ0n) is 14.0. The number of esters is 1. The van der Waals surface area contributed by atoms with Crippen LogP contribution in [0.3, 0.4) is 0 Å². The molecular weight excluding hydrogens is 320 g/mol. The number of anilines is 1. The van der Waals surface area contributed by atoms with E-state index >= 15 is 0 Å². The van der Waals surface area contributed by atoms with Crippen molar-refractivity contribution in [2.45, 2.75) is 20.0 Å². The van der Waals surface area contributed by atoms with Crippen LogP contribution in [0, 0.1) is 11.3 Å². The molecule has 0 fully saturated rings. The lowest BCUT2D eigenvalue weighted by atomic mass is 10.2. The van der Waals surface area contributed by atoms with Crippen LogP contribution < -0.4 is 10.1 Å². The summed E-state index contributed by atoms with van der Waals surface area (Å²) in [6.45, 7) is 3.61. The molecule has 1 amide bonds. The van der Waals surface area contributed by atoms with Crippen molar-refractivity contribution in [2.75, 3.05) is 11.9 Å². The molecule has 6 heteroatoms. The van der Waals surface area contributed by atoms with Crippen LogP contribution in [0.2, 0.25) is 0 Å². The van der Waals surface area contributed by atoms with Crippen molar-refractivity contribution in [3.63, 3.8) is 0 Å². The predicted molar refractivity (Wildman–Crippen MR) is 92.3 cm³/mol. The minimum atomic E-state index is -0.789.